The van der Waals surface area contributed by atoms with Crippen molar-refractivity contribution >= 4 is 11.7 Å². The number of aromatic nitrogens is 1. The van der Waals surface area contributed by atoms with E-state index in [2.05, 4.69) is 10.3 Å². The summed E-state index contributed by atoms with van der Waals surface area (Å²) in [5, 5.41) is 3.41. The van der Waals surface area contributed by atoms with Crippen LogP contribution in [0.1, 0.15) is 33.6 Å². The van der Waals surface area contributed by atoms with Gasteiger partial charge in [0.2, 0.25) is 0 Å². The van der Waals surface area contributed by atoms with E-state index < -0.39 is 29.1 Å². The van der Waals surface area contributed by atoms with Crippen LogP contribution in [0, 0.1) is 19.7 Å². The van der Waals surface area contributed by atoms with Gasteiger partial charge < -0.3 is 5.32 Å². The standard InChI is InChI=1S/C29H26F4N4O/c1-19-14-20(2)35-26(15-19)28(18-21-8-4-3-5-9-21,22-10-6-11-23(16-22)29(31,32)33)37(34)27(38)36-25-13-7-12-24(30)17-25/h3-17H,18,34H2,1-2H3,(H,36,38). The van der Waals surface area contributed by atoms with Crippen LogP contribution in [0.5, 0.6) is 0 Å². The zero-order chi connectivity index (χ0) is 27.5. The fourth-order valence-corrected chi connectivity index (χ4v) is 4.51. The van der Waals surface area contributed by atoms with Gasteiger partial charge in [0.25, 0.3) is 0 Å². The topological polar surface area (TPSA) is 71.2 Å². The first-order valence-corrected chi connectivity index (χ1v) is 11.8. The molecule has 2 amide bonds. The van der Waals surface area contributed by atoms with Crippen molar-refractivity contribution in [1.82, 2.24) is 9.99 Å². The second-order valence-electron chi connectivity index (χ2n) is 9.08. The van der Waals surface area contributed by atoms with Crippen molar-refractivity contribution in [3.05, 3.63) is 130 Å². The molecule has 1 aromatic heterocycles. The van der Waals surface area contributed by atoms with E-state index in [0.717, 1.165) is 28.8 Å². The lowest BCUT2D eigenvalue weighted by Gasteiger charge is -2.42. The molecule has 196 valence electrons. The molecule has 0 saturated carbocycles. The highest BCUT2D eigenvalue weighted by molar-refractivity contribution is 5.90. The van der Waals surface area contributed by atoms with Crippen LogP contribution in [0.3, 0.4) is 0 Å². The van der Waals surface area contributed by atoms with Gasteiger partial charge >= 0.3 is 12.2 Å². The molecule has 1 unspecified atom stereocenters. The average Bonchev–Trinajstić information content (AvgIpc) is 2.86. The van der Waals surface area contributed by atoms with Crippen LogP contribution in [0.4, 0.5) is 28.0 Å². The van der Waals surface area contributed by atoms with Crippen LogP contribution in [0.15, 0.2) is 91.0 Å². The first kappa shape index (κ1) is 26.8. The third-order valence-electron chi connectivity index (χ3n) is 6.20. The second kappa shape index (κ2) is 10.6. The number of pyridine rings is 1. The minimum Gasteiger partial charge on any atom is -0.307 e. The Kier molecular flexibility index (Phi) is 7.50. The smallest absolute Gasteiger partial charge is 0.307 e. The summed E-state index contributed by atoms with van der Waals surface area (Å²) < 4.78 is 55.3. The maximum absolute atomic E-state index is 13.8. The van der Waals surface area contributed by atoms with Crippen molar-refractivity contribution in [3.63, 3.8) is 0 Å². The molecule has 0 saturated heterocycles. The molecule has 0 bridgehead atoms. The van der Waals surface area contributed by atoms with Crippen molar-refractivity contribution in [3.8, 4) is 0 Å². The molecular formula is C29H26F4N4O. The van der Waals surface area contributed by atoms with Gasteiger partial charge in [0, 0.05) is 17.8 Å². The van der Waals surface area contributed by atoms with Gasteiger partial charge in [-0.15, -0.1) is 0 Å². The molecule has 3 N–H and O–H groups in total. The third kappa shape index (κ3) is 5.68. The van der Waals surface area contributed by atoms with E-state index in [0.29, 0.717) is 11.3 Å². The molecule has 0 radical (unpaired) electrons. The van der Waals surface area contributed by atoms with Crippen LogP contribution in [0.2, 0.25) is 0 Å². The van der Waals surface area contributed by atoms with Gasteiger partial charge in [-0.25, -0.2) is 20.0 Å². The summed E-state index contributed by atoms with van der Waals surface area (Å²) in [4.78, 5) is 18.2. The summed E-state index contributed by atoms with van der Waals surface area (Å²) in [5.74, 6) is 5.99. The summed E-state index contributed by atoms with van der Waals surface area (Å²) in [6.07, 6.45) is -4.62. The van der Waals surface area contributed by atoms with Crippen molar-refractivity contribution in [2.24, 2.45) is 5.84 Å². The molecule has 0 aliphatic heterocycles. The molecule has 0 aliphatic rings. The lowest BCUT2D eigenvalue weighted by atomic mass is 9.79. The summed E-state index contributed by atoms with van der Waals surface area (Å²) in [5.41, 5.74) is 0.0727. The van der Waals surface area contributed by atoms with E-state index in [4.69, 9.17) is 5.84 Å². The van der Waals surface area contributed by atoms with E-state index in [9.17, 15) is 22.4 Å². The predicted molar refractivity (Wildman–Crippen MR) is 138 cm³/mol. The van der Waals surface area contributed by atoms with Gasteiger partial charge in [-0.1, -0.05) is 48.5 Å². The number of anilines is 1. The average molecular weight is 523 g/mol. The largest absolute Gasteiger partial charge is 0.416 e. The van der Waals surface area contributed by atoms with Crippen molar-refractivity contribution in [1.29, 1.82) is 0 Å². The molecular weight excluding hydrogens is 496 g/mol. The molecule has 0 aliphatic carbocycles. The van der Waals surface area contributed by atoms with Crippen molar-refractivity contribution < 1.29 is 22.4 Å². The van der Waals surface area contributed by atoms with Crippen LogP contribution < -0.4 is 11.2 Å². The molecule has 5 nitrogen and oxygen atoms in total. The number of amides is 2. The number of benzene rings is 3. The summed E-state index contributed by atoms with van der Waals surface area (Å²) in [7, 11) is 0. The molecule has 9 heteroatoms. The van der Waals surface area contributed by atoms with Crippen LogP contribution in [-0.2, 0) is 18.1 Å². The van der Waals surface area contributed by atoms with Gasteiger partial charge in [0.15, 0.2) is 0 Å². The van der Waals surface area contributed by atoms with Gasteiger partial charge in [-0.3, -0.25) is 4.98 Å². The first-order chi connectivity index (χ1) is 18.0. The molecule has 1 heterocycles. The first-order valence-electron chi connectivity index (χ1n) is 11.8. The molecule has 3 aromatic carbocycles. The van der Waals surface area contributed by atoms with Gasteiger partial charge in [0.1, 0.15) is 11.4 Å². The Morgan fingerprint density at radius 3 is 2.24 bits per heavy atom. The SMILES string of the molecule is Cc1cc(C)nc(C(Cc2ccccc2)(c2cccc(C(F)(F)F)c2)N(N)C(=O)Nc2cccc(F)c2)c1. The number of nitrogens with one attached hydrogen (secondary N) is 1. The van der Waals surface area contributed by atoms with Gasteiger partial charge in [-0.2, -0.15) is 13.2 Å². The van der Waals surface area contributed by atoms with Crippen LogP contribution in [-0.4, -0.2) is 16.0 Å². The highest BCUT2D eigenvalue weighted by atomic mass is 19.4. The highest BCUT2D eigenvalue weighted by Crippen LogP contribution is 2.40. The minimum atomic E-state index is -4.63. The number of nitrogens with zero attached hydrogens (tertiary/aromatic N) is 2. The Labute approximate surface area is 217 Å². The fraction of sp³-hybridized carbons (Fsp3) is 0.172. The van der Waals surface area contributed by atoms with Crippen molar-refractivity contribution in [2.75, 3.05) is 5.32 Å². The molecule has 0 spiro atoms. The number of alkyl halides is 3. The number of halogens is 4. The summed E-state index contributed by atoms with van der Waals surface area (Å²) >= 11 is 0. The maximum atomic E-state index is 13.8. The van der Waals surface area contributed by atoms with Crippen molar-refractivity contribution in [2.45, 2.75) is 32.0 Å². The number of hydrazine groups is 1. The van der Waals surface area contributed by atoms with E-state index in [-0.39, 0.29) is 23.4 Å². The normalized spacial score (nSPS) is 13.0. The molecule has 1 atom stereocenters. The lowest BCUT2D eigenvalue weighted by Crippen LogP contribution is -2.57. The monoisotopic (exact) mass is 522 g/mol. The van der Waals surface area contributed by atoms with Crippen LogP contribution >= 0.6 is 0 Å². The highest BCUT2D eigenvalue weighted by Gasteiger charge is 2.45. The zero-order valence-corrected chi connectivity index (χ0v) is 20.8. The number of hydrogen-bond acceptors (Lipinski definition) is 3. The molecule has 4 rings (SSSR count). The van der Waals surface area contributed by atoms with Gasteiger partial charge in [-0.05, 0) is 73.0 Å². The number of aryl methyl sites for hydroxylation is 2. The minimum absolute atomic E-state index is 0.0120. The number of nitrogens with two attached hydrogens (primary N) is 1. The molecule has 4 aromatic rings. The number of rotatable bonds is 6. The van der Waals surface area contributed by atoms with Gasteiger partial charge in [0.05, 0.1) is 11.3 Å². The van der Waals surface area contributed by atoms with Crippen LogP contribution in [0.25, 0.3) is 0 Å². The number of carbonyl (C=O) groups excluding carboxylic acids is 1. The predicted octanol–water partition coefficient (Wildman–Crippen LogP) is 6.75. The Balaban J connectivity index is 1.97. The van der Waals surface area contributed by atoms with E-state index >= 15 is 0 Å². The summed E-state index contributed by atoms with van der Waals surface area (Å²) in [6, 6.07) is 21.6. The molecule has 38 heavy (non-hydrogen) atoms. The summed E-state index contributed by atoms with van der Waals surface area (Å²) in [6.45, 7) is 3.58. The van der Waals surface area contributed by atoms with E-state index in [1.54, 1.807) is 43.3 Å². The number of carbonyl (C=O) groups is 1. The number of hydrogen-bond donors (Lipinski definition) is 2. The lowest BCUT2D eigenvalue weighted by molar-refractivity contribution is -0.137. The second-order valence-corrected chi connectivity index (χ2v) is 9.08. The van der Waals surface area contributed by atoms with E-state index in [1.807, 2.05) is 13.0 Å². The third-order valence-corrected chi connectivity index (χ3v) is 6.20. The Bertz CT molecular complexity index is 1420. The van der Waals surface area contributed by atoms with E-state index in [1.165, 1.54) is 30.3 Å². The molecule has 0 fully saturated rings. The number of urea groups is 1. The Hall–Kier alpha value is -4.24. The zero-order valence-electron chi connectivity index (χ0n) is 20.8. The maximum Gasteiger partial charge on any atom is 0.416 e. The quantitative estimate of drug-likeness (QED) is 0.127. The fourth-order valence-electron chi connectivity index (χ4n) is 4.51. The Morgan fingerprint density at radius 2 is 1.58 bits per heavy atom. The Morgan fingerprint density at radius 1 is 0.895 bits per heavy atom.